The summed E-state index contributed by atoms with van der Waals surface area (Å²) in [5, 5.41) is 10.7. The second kappa shape index (κ2) is 8.33. The van der Waals surface area contributed by atoms with Crippen molar-refractivity contribution in [3.63, 3.8) is 0 Å². The smallest absolute Gasteiger partial charge is 0.417 e. The molecule has 17 heavy (non-hydrogen) atoms. The summed E-state index contributed by atoms with van der Waals surface area (Å²) in [6.45, 7) is 2.45. The van der Waals surface area contributed by atoms with Crippen LogP contribution in [0.3, 0.4) is 0 Å². The number of carbonyl (C=O) groups excluding carboxylic acids is 1. The highest BCUT2D eigenvalue weighted by molar-refractivity contribution is 5.78. The van der Waals surface area contributed by atoms with Crippen molar-refractivity contribution < 1.29 is 9.53 Å². The van der Waals surface area contributed by atoms with Crippen LogP contribution in [0.25, 0.3) is 0 Å². The van der Waals surface area contributed by atoms with Gasteiger partial charge < -0.3 is 10.1 Å². The fourth-order valence-electron chi connectivity index (χ4n) is 1.41. The molecule has 4 heteroatoms. The van der Waals surface area contributed by atoms with Crippen molar-refractivity contribution in [2.45, 2.75) is 25.8 Å². The second-order valence-electron chi connectivity index (χ2n) is 3.71. The van der Waals surface area contributed by atoms with Gasteiger partial charge >= 0.3 is 6.47 Å². The minimum absolute atomic E-state index is 0.384. The van der Waals surface area contributed by atoms with Crippen molar-refractivity contribution in [2.24, 2.45) is 0 Å². The highest BCUT2D eigenvalue weighted by Gasteiger charge is 1.97. The van der Waals surface area contributed by atoms with Gasteiger partial charge in [-0.05, 0) is 18.4 Å². The Bertz CT molecular complexity index is 339. The van der Waals surface area contributed by atoms with Gasteiger partial charge in [-0.3, -0.25) is 5.41 Å². The zero-order valence-corrected chi connectivity index (χ0v) is 9.74. The summed E-state index contributed by atoms with van der Waals surface area (Å²) in [5.74, 6) is 0.518. The average Bonchev–Trinajstić information content (AvgIpc) is 2.37. The Morgan fingerprint density at radius 2 is 2.06 bits per heavy atom. The minimum Gasteiger partial charge on any atom is -0.457 e. The van der Waals surface area contributed by atoms with Crippen LogP contribution in [0.1, 0.15) is 24.8 Å². The summed E-state index contributed by atoms with van der Waals surface area (Å²) >= 11 is 0. The van der Waals surface area contributed by atoms with Gasteiger partial charge in [0.25, 0.3) is 0 Å². The molecule has 0 aliphatic carbocycles. The fraction of sp³-hybridized carbons (Fsp3) is 0.385. The highest BCUT2D eigenvalue weighted by Crippen LogP contribution is 1.99. The predicted molar refractivity (Wildman–Crippen MR) is 66.5 cm³/mol. The van der Waals surface area contributed by atoms with E-state index in [2.05, 4.69) is 10.1 Å². The van der Waals surface area contributed by atoms with E-state index >= 15 is 0 Å². The van der Waals surface area contributed by atoms with Gasteiger partial charge in [-0.1, -0.05) is 30.3 Å². The zero-order chi connectivity index (χ0) is 12.3. The summed E-state index contributed by atoms with van der Waals surface area (Å²) in [5.41, 5.74) is 1.16. The van der Waals surface area contributed by atoms with Crippen LogP contribution in [-0.4, -0.2) is 18.9 Å². The van der Waals surface area contributed by atoms with Gasteiger partial charge in [0.1, 0.15) is 0 Å². The number of hydrogen-bond acceptors (Lipinski definition) is 3. The van der Waals surface area contributed by atoms with Crippen LogP contribution < -0.4 is 5.32 Å². The Hall–Kier alpha value is -1.84. The topological polar surface area (TPSA) is 62.2 Å². The van der Waals surface area contributed by atoms with Crippen molar-refractivity contribution in [2.75, 3.05) is 6.61 Å². The Kier molecular flexibility index (Phi) is 6.48. The summed E-state index contributed by atoms with van der Waals surface area (Å²) in [6, 6.07) is 9.97. The number of unbranched alkanes of at least 4 members (excludes halogenated alkanes) is 1. The molecule has 0 spiro atoms. The Labute approximate surface area is 101 Å². The SMILES string of the molecule is N=C(CCCCO[C]=O)NCc1ccccc1. The van der Waals surface area contributed by atoms with Gasteiger partial charge in [-0.25, -0.2) is 4.79 Å². The van der Waals surface area contributed by atoms with Crippen LogP contribution in [-0.2, 0) is 16.1 Å². The van der Waals surface area contributed by atoms with Gasteiger partial charge in [-0.15, -0.1) is 0 Å². The fourth-order valence-corrected chi connectivity index (χ4v) is 1.41. The number of hydrogen-bond donors (Lipinski definition) is 2. The molecule has 1 aromatic carbocycles. The Morgan fingerprint density at radius 3 is 2.76 bits per heavy atom. The summed E-state index contributed by atoms with van der Waals surface area (Å²) in [4.78, 5) is 9.76. The third kappa shape index (κ3) is 6.35. The lowest BCUT2D eigenvalue weighted by Gasteiger charge is -2.07. The van der Waals surface area contributed by atoms with Crippen molar-refractivity contribution in [3.8, 4) is 0 Å². The van der Waals surface area contributed by atoms with E-state index in [0.29, 0.717) is 25.4 Å². The molecule has 1 radical (unpaired) electrons. The summed E-state index contributed by atoms with van der Waals surface area (Å²) in [6.07, 6.45) is 2.28. The third-order valence-electron chi connectivity index (χ3n) is 2.33. The molecule has 0 heterocycles. The van der Waals surface area contributed by atoms with E-state index in [-0.39, 0.29) is 0 Å². The molecule has 0 aromatic heterocycles. The first-order valence-corrected chi connectivity index (χ1v) is 5.67. The molecule has 0 aliphatic heterocycles. The number of amidine groups is 1. The summed E-state index contributed by atoms with van der Waals surface area (Å²) in [7, 11) is 0. The first-order valence-electron chi connectivity index (χ1n) is 5.67. The molecule has 0 bridgehead atoms. The van der Waals surface area contributed by atoms with Crippen LogP contribution in [0, 0.1) is 5.41 Å². The first-order chi connectivity index (χ1) is 8.33. The molecule has 0 saturated heterocycles. The molecule has 0 atom stereocenters. The highest BCUT2D eigenvalue weighted by atomic mass is 16.5. The molecule has 2 N–H and O–H groups in total. The molecule has 1 rings (SSSR count). The van der Waals surface area contributed by atoms with Gasteiger partial charge in [-0.2, -0.15) is 0 Å². The van der Waals surface area contributed by atoms with Crippen molar-refractivity contribution >= 4 is 12.3 Å². The lowest BCUT2D eigenvalue weighted by atomic mass is 10.2. The van der Waals surface area contributed by atoms with E-state index in [0.717, 1.165) is 18.4 Å². The van der Waals surface area contributed by atoms with E-state index < -0.39 is 0 Å². The normalized spacial score (nSPS) is 9.65. The van der Waals surface area contributed by atoms with Crippen LogP contribution in [0.15, 0.2) is 30.3 Å². The number of nitrogens with one attached hydrogen (secondary N) is 2. The number of rotatable bonds is 8. The van der Waals surface area contributed by atoms with Gasteiger partial charge in [0.15, 0.2) is 0 Å². The third-order valence-corrected chi connectivity index (χ3v) is 2.33. The molecule has 0 amide bonds. The van der Waals surface area contributed by atoms with E-state index in [9.17, 15) is 4.79 Å². The van der Waals surface area contributed by atoms with Gasteiger partial charge in [0.05, 0.1) is 12.4 Å². The van der Waals surface area contributed by atoms with Crippen LogP contribution >= 0.6 is 0 Å². The lowest BCUT2D eigenvalue weighted by Crippen LogP contribution is -2.21. The molecule has 91 valence electrons. The first kappa shape index (κ1) is 13.2. The van der Waals surface area contributed by atoms with E-state index in [1.54, 1.807) is 0 Å². The Morgan fingerprint density at radius 1 is 1.29 bits per heavy atom. The van der Waals surface area contributed by atoms with Crippen molar-refractivity contribution in [3.05, 3.63) is 35.9 Å². The maximum atomic E-state index is 9.76. The number of ether oxygens (including phenoxy) is 1. The molecule has 0 fully saturated rings. The predicted octanol–water partition coefficient (Wildman–Crippen LogP) is 2.01. The number of benzene rings is 1. The molecule has 0 aliphatic rings. The summed E-state index contributed by atoms with van der Waals surface area (Å²) < 4.78 is 4.45. The Balaban J connectivity index is 2.07. The second-order valence-corrected chi connectivity index (χ2v) is 3.71. The molecular formula is C13H17N2O2. The van der Waals surface area contributed by atoms with E-state index in [4.69, 9.17) is 5.41 Å². The lowest BCUT2D eigenvalue weighted by molar-refractivity contribution is 0.271. The molecule has 0 saturated carbocycles. The monoisotopic (exact) mass is 233 g/mol. The van der Waals surface area contributed by atoms with Crippen molar-refractivity contribution in [1.29, 1.82) is 5.41 Å². The van der Waals surface area contributed by atoms with E-state index in [1.807, 2.05) is 30.3 Å². The van der Waals surface area contributed by atoms with E-state index in [1.165, 1.54) is 6.47 Å². The van der Waals surface area contributed by atoms with Crippen LogP contribution in [0.5, 0.6) is 0 Å². The maximum absolute atomic E-state index is 9.76. The molecule has 4 nitrogen and oxygen atoms in total. The zero-order valence-electron chi connectivity index (χ0n) is 9.74. The van der Waals surface area contributed by atoms with Gasteiger partial charge in [0, 0.05) is 13.0 Å². The standard InChI is InChI=1S/C13H17N2O2/c14-13(8-4-5-9-17-11-16)15-10-12-6-2-1-3-7-12/h1-3,6-7H,4-5,8-10H2,(H2,14,15). The van der Waals surface area contributed by atoms with Crippen LogP contribution in [0.4, 0.5) is 0 Å². The van der Waals surface area contributed by atoms with Crippen molar-refractivity contribution in [1.82, 2.24) is 5.32 Å². The largest absolute Gasteiger partial charge is 0.457 e. The quantitative estimate of drug-likeness (QED) is 0.410. The average molecular weight is 233 g/mol. The van der Waals surface area contributed by atoms with Crippen LogP contribution in [0.2, 0.25) is 0 Å². The van der Waals surface area contributed by atoms with Gasteiger partial charge in [0.2, 0.25) is 0 Å². The molecular weight excluding hydrogens is 216 g/mol. The molecule has 1 aromatic rings. The minimum atomic E-state index is 0.384. The molecule has 0 unspecified atom stereocenters. The maximum Gasteiger partial charge on any atom is 0.417 e.